The van der Waals surface area contributed by atoms with Gasteiger partial charge in [0.05, 0.1) is 0 Å². The number of aryl methyl sites for hydroxylation is 1. The van der Waals surface area contributed by atoms with Gasteiger partial charge in [0, 0.05) is 18.7 Å². The fraction of sp³-hybridized carbons (Fsp3) is 0.588. The molecule has 1 amide bonds. The molecule has 4 heteroatoms. The van der Waals surface area contributed by atoms with Crippen molar-refractivity contribution in [2.24, 2.45) is 0 Å². The smallest absolute Gasteiger partial charge is 0.251 e. The van der Waals surface area contributed by atoms with E-state index < -0.39 is 0 Å². The highest BCUT2D eigenvalue weighted by Crippen LogP contribution is 2.06. The summed E-state index contributed by atoms with van der Waals surface area (Å²) < 4.78 is 0. The Balaban J connectivity index is 1.49. The lowest BCUT2D eigenvalue weighted by Gasteiger charge is -2.14. The largest absolute Gasteiger partial charge is 0.351 e. The van der Waals surface area contributed by atoms with Gasteiger partial charge in [-0.05, 0) is 64.5 Å². The minimum atomic E-state index is 0.00821. The van der Waals surface area contributed by atoms with Crippen LogP contribution in [0.25, 0.3) is 0 Å². The Morgan fingerprint density at radius 1 is 1.10 bits per heavy atom. The van der Waals surface area contributed by atoms with Crippen molar-refractivity contribution in [3.8, 4) is 0 Å². The van der Waals surface area contributed by atoms with E-state index in [4.69, 9.17) is 0 Å². The zero-order valence-corrected chi connectivity index (χ0v) is 13.0. The summed E-state index contributed by atoms with van der Waals surface area (Å²) in [5, 5.41) is 6.32. The average Bonchev–Trinajstić information content (AvgIpc) is 3.00. The van der Waals surface area contributed by atoms with E-state index in [-0.39, 0.29) is 5.91 Å². The van der Waals surface area contributed by atoms with Crippen LogP contribution in [0.5, 0.6) is 0 Å². The molecule has 4 nitrogen and oxygen atoms in total. The van der Waals surface area contributed by atoms with Gasteiger partial charge in [-0.1, -0.05) is 17.7 Å². The number of benzene rings is 1. The topological polar surface area (TPSA) is 44.4 Å². The van der Waals surface area contributed by atoms with Crippen molar-refractivity contribution >= 4 is 5.91 Å². The Kier molecular flexibility index (Phi) is 6.70. The standard InChI is InChI=1S/C17H27N3O/c1-15-5-7-16(8-6-15)17(21)19-11-10-18-9-4-14-20-12-2-3-13-20/h5-8,18H,2-4,9-14H2,1H3,(H,19,21). The molecule has 0 aromatic heterocycles. The third-order valence-corrected chi connectivity index (χ3v) is 3.93. The van der Waals surface area contributed by atoms with E-state index in [0.717, 1.165) is 18.7 Å². The molecule has 21 heavy (non-hydrogen) atoms. The molecule has 0 bridgehead atoms. The summed E-state index contributed by atoms with van der Waals surface area (Å²) in [7, 11) is 0. The number of carbonyl (C=O) groups excluding carboxylic acids is 1. The molecular formula is C17H27N3O. The highest BCUT2D eigenvalue weighted by atomic mass is 16.1. The highest BCUT2D eigenvalue weighted by molar-refractivity contribution is 5.94. The third kappa shape index (κ3) is 5.86. The van der Waals surface area contributed by atoms with Gasteiger partial charge in [0.2, 0.25) is 0 Å². The first-order valence-corrected chi connectivity index (χ1v) is 8.03. The molecule has 1 heterocycles. The Hall–Kier alpha value is -1.39. The summed E-state index contributed by atoms with van der Waals surface area (Å²) in [4.78, 5) is 14.4. The Morgan fingerprint density at radius 2 is 1.81 bits per heavy atom. The van der Waals surface area contributed by atoms with Crippen LogP contribution in [0.3, 0.4) is 0 Å². The summed E-state index contributed by atoms with van der Waals surface area (Å²) in [5.41, 5.74) is 1.90. The van der Waals surface area contributed by atoms with E-state index in [1.165, 1.54) is 44.5 Å². The zero-order valence-electron chi connectivity index (χ0n) is 13.0. The van der Waals surface area contributed by atoms with Gasteiger partial charge in [-0.2, -0.15) is 0 Å². The quantitative estimate of drug-likeness (QED) is 0.717. The second kappa shape index (κ2) is 8.80. The van der Waals surface area contributed by atoms with Gasteiger partial charge in [0.1, 0.15) is 0 Å². The van der Waals surface area contributed by atoms with Crippen molar-refractivity contribution in [1.29, 1.82) is 0 Å². The monoisotopic (exact) mass is 289 g/mol. The van der Waals surface area contributed by atoms with Gasteiger partial charge in [0.15, 0.2) is 0 Å². The van der Waals surface area contributed by atoms with Crippen LogP contribution in [-0.2, 0) is 0 Å². The molecule has 0 unspecified atom stereocenters. The first-order chi connectivity index (χ1) is 10.3. The van der Waals surface area contributed by atoms with E-state index in [2.05, 4.69) is 15.5 Å². The van der Waals surface area contributed by atoms with E-state index in [0.29, 0.717) is 6.54 Å². The van der Waals surface area contributed by atoms with E-state index >= 15 is 0 Å². The minimum Gasteiger partial charge on any atom is -0.351 e. The van der Waals surface area contributed by atoms with Gasteiger partial charge < -0.3 is 15.5 Å². The van der Waals surface area contributed by atoms with E-state index in [1.54, 1.807) is 0 Å². The van der Waals surface area contributed by atoms with Crippen LogP contribution in [0.2, 0.25) is 0 Å². The van der Waals surface area contributed by atoms with Crippen LogP contribution >= 0.6 is 0 Å². The molecule has 0 saturated carbocycles. The van der Waals surface area contributed by atoms with Crippen LogP contribution in [0, 0.1) is 6.92 Å². The second-order valence-electron chi connectivity index (χ2n) is 5.77. The van der Waals surface area contributed by atoms with Gasteiger partial charge in [-0.15, -0.1) is 0 Å². The number of hydrogen-bond donors (Lipinski definition) is 2. The second-order valence-corrected chi connectivity index (χ2v) is 5.77. The molecule has 1 aliphatic heterocycles. The predicted octanol–water partition coefficient (Wildman–Crippen LogP) is 1.80. The van der Waals surface area contributed by atoms with Crippen molar-refractivity contribution in [2.75, 3.05) is 39.3 Å². The molecular weight excluding hydrogens is 262 g/mol. The SMILES string of the molecule is Cc1ccc(C(=O)NCCNCCCN2CCCC2)cc1. The zero-order chi connectivity index (χ0) is 14.9. The normalized spacial score (nSPS) is 15.3. The molecule has 1 saturated heterocycles. The summed E-state index contributed by atoms with van der Waals surface area (Å²) >= 11 is 0. The fourth-order valence-electron chi connectivity index (χ4n) is 2.63. The fourth-order valence-corrected chi connectivity index (χ4v) is 2.63. The van der Waals surface area contributed by atoms with Crippen molar-refractivity contribution in [2.45, 2.75) is 26.2 Å². The third-order valence-electron chi connectivity index (χ3n) is 3.93. The summed E-state index contributed by atoms with van der Waals surface area (Å²) in [5.74, 6) is 0.00821. The van der Waals surface area contributed by atoms with E-state index in [9.17, 15) is 4.79 Å². The Labute approximate surface area is 127 Å². The molecule has 2 N–H and O–H groups in total. The minimum absolute atomic E-state index is 0.00821. The lowest BCUT2D eigenvalue weighted by molar-refractivity contribution is 0.0954. The lowest BCUT2D eigenvalue weighted by atomic mass is 10.1. The molecule has 0 aliphatic carbocycles. The molecule has 0 atom stereocenters. The number of likely N-dealkylation sites (tertiary alicyclic amines) is 1. The average molecular weight is 289 g/mol. The van der Waals surface area contributed by atoms with Gasteiger partial charge in [-0.25, -0.2) is 0 Å². The molecule has 116 valence electrons. The molecule has 2 rings (SSSR count). The van der Waals surface area contributed by atoms with E-state index in [1.807, 2.05) is 31.2 Å². The van der Waals surface area contributed by atoms with Gasteiger partial charge in [-0.3, -0.25) is 4.79 Å². The maximum absolute atomic E-state index is 11.9. The number of amides is 1. The number of carbonyl (C=O) groups is 1. The molecule has 1 aromatic rings. The molecule has 1 aromatic carbocycles. The molecule has 1 aliphatic rings. The van der Waals surface area contributed by atoms with Gasteiger partial charge in [0.25, 0.3) is 5.91 Å². The lowest BCUT2D eigenvalue weighted by Crippen LogP contribution is -2.33. The van der Waals surface area contributed by atoms with Crippen molar-refractivity contribution < 1.29 is 4.79 Å². The number of rotatable bonds is 8. The number of nitrogens with one attached hydrogen (secondary N) is 2. The summed E-state index contributed by atoms with van der Waals surface area (Å²) in [6.07, 6.45) is 3.91. The van der Waals surface area contributed by atoms with Crippen LogP contribution in [0.15, 0.2) is 24.3 Å². The first-order valence-electron chi connectivity index (χ1n) is 8.03. The van der Waals surface area contributed by atoms with Crippen LogP contribution < -0.4 is 10.6 Å². The van der Waals surface area contributed by atoms with Crippen molar-refractivity contribution in [1.82, 2.24) is 15.5 Å². The Bertz CT molecular complexity index is 424. The Morgan fingerprint density at radius 3 is 2.52 bits per heavy atom. The highest BCUT2D eigenvalue weighted by Gasteiger charge is 2.09. The maximum Gasteiger partial charge on any atom is 0.251 e. The maximum atomic E-state index is 11.9. The van der Waals surface area contributed by atoms with Crippen LogP contribution in [0.1, 0.15) is 35.2 Å². The molecule has 0 radical (unpaired) electrons. The number of nitrogens with zero attached hydrogens (tertiary/aromatic N) is 1. The first kappa shape index (κ1) is 16.0. The number of hydrogen-bond acceptors (Lipinski definition) is 3. The molecule has 1 fully saturated rings. The van der Waals surface area contributed by atoms with Crippen LogP contribution in [-0.4, -0.2) is 50.1 Å². The molecule has 0 spiro atoms. The van der Waals surface area contributed by atoms with Crippen LogP contribution in [0.4, 0.5) is 0 Å². The van der Waals surface area contributed by atoms with Crippen molar-refractivity contribution in [3.05, 3.63) is 35.4 Å². The summed E-state index contributed by atoms with van der Waals surface area (Å²) in [6.45, 7) is 8.29. The summed E-state index contributed by atoms with van der Waals surface area (Å²) in [6, 6.07) is 7.67. The van der Waals surface area contributed by atoms with Crippen molar-refractivity contribution in [3.63, 3.8) is 0 Å². The van der Waals surface area contributed by atoms with Gasteiger partial charge >= 0.3 is 0 Å². The predicted molar refractivity (Wildman–Crippen MR) is 86.7 cm³/mol.